The minimum absolute atomic E-state index is 0.0231. The third-order valence-electron chi connectivity index (χ3n) is 5.80. The van der Waals surface area contributed by atoms with Crippen molar-refractivity contribution in [3.05, 3.63) is 26.8 Å². The molecule has 32 heavy (non-hydrogen) atoms. The SMILES string of the molecule is CN(C)CC1CCCCN1C(=O)C(=O)N1CC[C@H](CNS(=O)(=O)C=Cc2ccc(Cl)s2)C1. The molecule has 1 aromatic heterocycles. The molecular weight excluding hydrogens is 472 g/mol. The first-order valence-electron chi connectivity index (χ1n) is 10.8. The number of likely N-dealkylation sites (N-methyl/N-ethyl adjacent to an activating group) is 1. The van der Waals surface area contributed by atoms with Crippen LogP contribution in [-0.4, -0.2) is 87.8 Å². The zero-order valence-corrected chi connectivity index (χ0v) is 20.9. The highest BCUT2D eigenvalue weighted by Crippen LogP contribution is 2.23. The lowest BCUT2D eigenvalue weighted by Crippen LogP contribution is -2.53. The van der Waals surface area contributed by atoms with Crippen LogP contribution in [0.5, 0.6) is 0 Å². The van der Waals surface area contributed by atoms with E-state index in [1.165, 1.54) is 17.4 Å². The zero-order chi connectivity index (χ0) is 23.3. The Kier molecular flexibility index (Phi) is 8.74. The highest BCUT2D eigenvalue weighted by Gasteiger charge is 2.36. The quantitative estimate of drug-likeness (QED) is 0.576. The molecular formula is C21H31ClN4O4S2. The number of likely N-dealkylation sites (tertiary alicyclic amines) is 2. The first kappa shape index (κ1) is 25.2. The van der Waals surface area contributed by atoms with E-state index in [-0.39, 0.29) is 18.5 Å². The second-order valence-electron chi connectivity index (χ2n) is 8.65. The van der Waals surface area contributed by atoms with Crippen LogP contribution in [-0.2, 0) is 19.6 Å². The van der Waals surface area contributed by atoms with Gasteiger partial charge in [-0.3, -0.25) is 9.59 Å². The van der Waals surface area contributed by atoms with E-state index in [4.69, 9.17) is 11.6 Å². The van der Waals surface area contributed by atoms with E-state index >= 15 is 0 Å². The molecule has 2 aliphatic rings. The average Bonchev–Trinajstić information content (AvgIpc) is 3.39. The van der Waals surface area contributed by atoms with Crippen molar-refractivity contribution in [2.45, 2.75) is 31.7 Å². The third kappa shape index (κ3) is 7.02. The van der Waals surface area contributed by atoms with Gasteiger partial charge in [0.2, 0.25) is 10.0 Å². The van der Waals surface area contributed by atoms with E-state index in [9.17, 15) is 18.0 Å². The highest BCUT2D eigenvalue weighted by atomic mass is 35.5. The average molecular weight is 503 g/mol. The summed E-state index contributed by atoms with van der Waals surface area (Å²) in [5.74, 6) is -0.934. The molecule has 1 N–H and O–H groups in total. The van der Waals surface area contributed by atoms with Crippen molar-refractivity contribution in [1.29, 1.82) is 0 Å². The van der Waals surface area contributed by atoms with E-state index in [0.717, 1.165) is 36.1 Å². The summed E-state index contributed by atoms with van der Waals surface area (Å²) in [6.45, 7) is 2.43. The number of nitrogens with one attached hydrogen (secondary N) is 1. The molecule has 2 saturated heterocycles. The van der Waals surface area contributed by atoms with Gasteiger partial charge in [0.25, 0.3) is 0 Å². The number of hydrogen-bond acceptors (Lipinski definition) is 6. The van der Waals surface area contributed by atoms with Crippen LogP contribution in [0.2, 0.25) is 4.34 Å². The molecule has 3 rings (SSSR count). The van der Waals surface area contributed by atoms with Gasteiger partial charge < -0.3 is 14.7 Å². The Morgan fingerprint density at radius 3 is 2.69 bits per heavy atom. The summed E-state index contributed by atoms with van der Waals surface area (Å²) in [7, 11) is 0.338. The van der Waals surface area contributed by atoms with E-state index in [2.05, 4.69) is 4.72 Å². The van der Waals surface area contributed by atoms with Gasteiger partial charge in [0.15, 0.2) is 0 Å². The summed E-state index contributed by atoms with van der Waals surface area (Å²) < 4.78 is 27.7. The van der Waals surface area contributed by atoms with Crippen LogP contribution in [0.1, 0.15) is 30.6 Å². The molecule has 2 aliphatic heterocycles. The van der Waals surface area contributed by atoms with E-state index < -0.39 is 21.8 Å². The first-order chi connectivity index (χ1) is 15.1. The second kappa shape index (κ2) is 11.1. The normalized spacial score (nSPS) is 22.2. The fourth-order valence-corrected chi connectivity index (χ4v) is 6.12. The molecule has 8 nitrogen and oxygen atoms in total. The number of nitrogens with zero attached hydrogens (tertiary/aromatic N) is 3. The Balaban J connectivity index is 1.50. The maximum absolute atomic E-state index is 12.9. The topological polar surface area (TPSA) is 90.0 Å². The first-order valence-corrected chi connectivity index (χ1v) is 13.6. The maximum atomic E-state index is 12.9. The van der Waals surface area contributed by atoms with Crippen LogP contribution in [0.3, 0.4) is 0 Å². The largest absolute Gasteiger partial charge is 0.334 e. The monoisotopic (exact) mass is 502 g/mol. The van der Waals surface area contributed by atoms with Crippen molar-refractivity contribution in [1.82, 2.24) is 19.4 Å². The molecule has 0 aromatic carbocycles. The van der Waals surface area contributed by atoms with Gasteiger partial charge in [-0.15, -0.1) is 11.3 Å². The summed E-state index contributed by atoms with van der Waals surface area (Å²) in [4.78, 5) is 31.8. The summed E-state index contributed by atoms with van der Waals surface area (Å²) in [5, 5.41) is 1.12. The molecule has 178 valence electrons. The van der Waals surface area contributed by atoms with Crippen LogP contribution < -0.4 is 4.72 Å². The number of halogens is 1. The number of rotatable bonds is 7. The lowest BCUT2D eigenvalue weighted by Gasteiger charge is -2.37. The van der Waals surface area contributed by atoms with Gasteiger partial charge in [-0.2, -0.15) is 0 Å². The van der Waals surface area contributed by atoms with E-state index in [0.29, 0.717) is 30.4 Å². The fourth-order valence-electron chi connectivity index (χ4n) is 4.18. The Labute approximate surface area is 199 Å². The standard InChI is InChI=1S/C21H31ClN4O4S2/c1-24(2)15-17-5-3-4-10-26(17)21(28)20(27)25-11-8-16(14-25)13-23-32(29,30)12-9-18-6-7-19(22)31-18/h6-7,9,12,16-17,23H,3-5,8,10-11,13-15H2,1-2H3/t16-,17?/m1/s1. The molecule has 0 bridgehead atoms. The summed E-state index contributed by atoms with van der Waals surface area (Å²) in [6.07, 6.45) is 5.05. The minimum atomic E-state index is -3.60. The molecule has 0 saturated carbocycles. The number of thiophene rings is 1. The molecule has 0 aliphatic carbocycles. The molecule has 2 amide bonds. The molecule has 1 aromatic rings. The molecule has 11 heteroatoms. The van der Waals surface area contributed by atoms with Gasteiger partial charge in [-0.25, -0.2) is 13.1 Å². The van der Waals surface area contributed by atoms with Crippen LogP contribution in [0.15, 0.2) is 17.5 Å². The van der Waals surface area contributed by atoms with Crippen molar-refractivity contribution < 1.29 is 18.0 Å². The Morgan fingerprint density at radius 1 is 1.22 bits per heavy atom. The van der Waals surface area contributed by atoms with Gasteiger partial charge in [-0.1, -0.05) is 11.6 Å². The second-order valence-corrected chi connectivity index (χ2v) is 12.1. The van der Waals surface area contributed by atoms with Crippen LogP contribution in [0.4, 0.5) is 0 Å². The number of carbonyl (C=O) groups is 2. The number of sulfonamides is 1. The lowest BCUT2D eigenvalue weighted by molar-refractivity contribution is -0.153. The Bertz CT molecular complexity index is 947. The predicted molar refractivity (Wildman–Crippen MR) is 128 cm³/mol. The van der Waals surface area contributed by atoms with Gasteiger partial charge in [0.1, 0.15) is 0 Å². The smallest absolute Gasteiger partial charge is 0.312 e. The van der Waals surface area contributed by atoms with Crippen LogP contribution in [0, 0.1) is 5.92 Å². The van der Waals surface area contributed by atoms with Crippen LogP contribution >= 0.6 is 22.9 Å². The lowest BCUT2D eigenvalue weighted by atomic mass is 10.0. The molecule has 1 unspecified atom stereocenters. The fraction of sp³-hybridized carbons (Fsp3) is 0.619. The van der Waals surface area contributed by atoms with E-state index in [1.54, 1.807) is 21.9 Å². The van der Waals surface area contributed by atoms with Crippen molar-refractivity contribution in [2.75, 3.05) is 46.8 Å². The summed E-state index contributed by atoms with van der Waals surface area (Å²) in [6, 6.07) is 3.52. The molecule has 3 heterocycles. The number of piperidine rings is 1. The van der Waals surface area contributed by atoms with Gasteiger partial charge in [0, 0.05) is 49.1 Å². The number of carbonyl (C=O) groups excluding carboxylic acids is 2. The molecule has 2 fully saturated rings. The molecule has 2 atom stereocenters. The van der Waals surface area contributed by atoms with Crippen molar-refractivity contribution in [3.8, 4) is 0 Å². The number of amides is 2. The molecule has 0 radical (unpaired) electrons. The van der Waals surface area contributed by atoms with Gasteiger partial charge >= 0.3 is 11.8 Å². The summed E-state index contributed by atoms with van der Waals surface area (Å²) >= 11 is 7.15. The summed E-state index contributed by atoms with van der Waals surface area (Å²) in [5.41, 5.74) is 0. The van der Waals surface area contributed by atoms with Gasteiger partial charge in [-0.05, 0) is 63.9 Å². The Hall–Kier alpha value is -1.46. The zero-order valence-electron chi connectivity index (χ0n) is 18.5. The minimum Gasteiger partial charge on any atom is -0.334 e. The van der Waals surface area contributed by atoms with Crippen molar-refractivity contribution in [2.24, 2.45) is 5.92 Å². The maximum Gasteiger partial charge on any atom is 0.312 e. The molecule has 0 spiro atoms. The Morgan fingerprint density at radius 2 is 2.00 bits per heavy atom. The van der Waals surface area contributed by atoms with Crippen LogP contribution in [0.25, 0.3) is 6.08 Å². The van der Waals surface area contributed by atoms with E-state index in [1.807, 2.05) is 19.0 Å². The predicted octanol–water partition coefficient (Wildman–Crippen LogP) is 2.08. The number of hydrogen-bond donors (Lipinski definition) is 1. The van der Waals surface area contributed by atoms with Crippen molar-refractivity contribution >= 4 is 50.9 Å². The van der Waals surface area contributed by atoms with Gasteiger partial charge in [0.05, 0.1) is 4.34 Å². The van der Waals surface area contributed by atoms with Crippen molar-refractivity contribution in [3.63, 3.8) is 0 Å². The highest BCUT2D eigenvalue weighted by molar-refractivity contribution is 7.92. The third-order valence-corrected chi connectivity index (χ3v) is 8.06.